The van der Waals surface area contributed by atoms with E-state index in [0.717, 1.165) is 30.6 Å². The topological polar surface area (TPSA) is 15.3 Å². The van der Waals surface area contributed by atoms with Crippen molar-refractivity contribution in [2.24, 2.45) is 5.92 Å². The first-order valence-electron chi connectivity index (χ1n) is 7.64. The minimum absolute atomic E-state index is 0.191. The number of hydrogen-bond donors (Lipinski definition) is 1. The number of piperazine rings is 1. The Hall–Kier alpha value is -0.570. The maximum Gasteiger partial charge on any atom is 0.0409 e. The molecule has 0 spiro atoms. The van der Waals surface area contributed by atoms with Crippen LogP contribution in [0.4, 0.5) is 0 Å². The molecule has 1 aromatic rings. The molecule has 2 nitrogen and oxygen atoms in total. The average Bonchev–Trinajstić information content (AvgIpc) is 3.19. The molecule has 0 radical (unpaired) electrons. The first kappa shape index (κ1) is 14.4. The fourth-order valence-electron chi connectivity index (χ4n) is 3.32. The number of benzene rings is 1. The zero-order valence-corrected chi connectivity index (χ0v) is 13.5. The lowest BCUT2D eigenvalue weighted by Crippen LogP contribution is -2.67. The molecule has 3 rings (SSSR count). The molecule has 0 amide bonds. The van der Waals surface area contributed by atoms with E-state index < -0.39 is 0 Å². The standard InChI is InChI=1S/C17H25ClN2/c1-16(2)11-19-17(3,14-7-8-14)12-20(16)10-13-5-4-6-15(18)9-13/h4-6,9,14,19H,7-8,10-12H2,1-3H3. The fraction of sp³-hybridized carbons (Fsp3) is 0.647. The smallest absolute Gasteiger partial charge is 0.0409 e. The molecular weight excluding hydrogens is 268 g/mol. The Morgan fingerprint density at radius 3 is 2.70 bits per heavy atom. The van der Waals surface area contributed by atoms with Crippen LogP contribution in [0.3, 0.4) is 0 Å². The Labute approximate surface area is 127 Å². The van der Waals surface area contributed by atoms with Gasteiger partial charge in [-0.1, -0.05) is 23.7 Å². The monoisotopic (exact) mass is 292 g/mol. The van der Waals surface area contributed by atoms with Crippen molar-refractivity contribution in [3.8, 4) is 0 Å². The Kier molecular flexibility index (Phi) is 3.60. The molecule has 3 heteroatoms. The van der Waals surface area contributed by atoms with Gasteiger partial charge in [0.15, 0.2) is 0 Å². The third-order valence-electron chi connectivity index (χ3n) is 5.04. The van der Waals surface area contributed by atoms with Crippen molar-refractivity contribution in [1.82, 2.24) is 10.2 Å². The van der Waals surface area contributed by atoms with Crippen molar-refractivity contribution >= 4 is 11.6 Å². The van der Waals surface area contributed by atoms with E-state index in [1.807, 2.05) is 12.1 Å². The van der Waals surface area contributed by atoms with Crippen molar-refractivity contribution in [3.05, 3.63) is 34.9 Å². The summed E-state index contributed by atoms with van der Waals surface area (Å²) in [6, 6.07) is 8.27. The SMILES string of the molecule is CC1(C2CC2)CN(Cc2cccc(Cl)c2)C(C)(C)CN1. The third kappa shape index (κ3) is 2.88. The predicted molar refractivity (Wildman–Crippen MR) is 85.1 cm³/mol. The Balaban J connectivity index is 1.77. The second kappa shape index (κ2) is 5.01. The molecule has 1 aromatic carbocycles. The Morgan fingerprint density at radius 2 is 2.05 bits per heavy atom. The summed E-state index contributed by atoms with van der Waals surface area (Å²) in [5.74, 6) is 0.862. The van der Waals surface area contributed by atoms with E-state index >= 15 is 0 Å². The summed E-state index contributed by atoms with van der Waals surface area (Å²) in [6.45, 7) is 10.2. The highest BCUT2D eigenvalue weighted by atomic mass is 35.5. The van der Waals surface area contributed by atoms with Crippen LogP contribution in [0.2, 0.25) is 5.02 Å². The highest BCUT2D eigenvalue weighted by molar-refractivity contribution is 6.30. The van der Waals surface area contributed by atoms with Gasteiger partial charge in [0.25, 0.3) is 0 Å². The summed E-state index contributed by atoms with van der Waals surface area (Å²) in [5.41, 5.74) is 1.79. The summed E-state index contributed by atoms with van der Waals surface area (Å²) in [6.07, 6.45) is 2.77. The zero-order chi connectivity index (χ0) is 14.4. The summed E-state index contributed by atoms with van der Waals surface area (Å²) in [4.78, 5) is 2.62. The minimum Gasteiger partial charge on any atom is -0.308 e. The average molecular weight is 293 g/mol. The van der Waals surface area contributed by atoms with Gasteiger partial charge in [0.2, 0.25) is 0 Å². The molecule has 2 aliphatic rings. The van der Waals surface area contributed by atoms with Gasteiger partial charge in [0.1, 0.15) is 0 Å². The summed E-state index contributed by atoms with van der Waals surface area (Å²) in [5, 5.41) is 4.64. The van der Waals surface area contributed by atoms with Crippen LogP contribution < -0.4 is 5.32 Å². The predicted octanol–water partition coefficient (Wildman–Crippen LogP) is 3.69. The van der Waals surface area contributed by atoms with E-state index in [1.54, 1.807) is 0 Å². The summed E-state index contributed by atoms with van der Waals surface area (Å²) >= 11 is 6.12. The van der Waals surface area contributed by atoms with E-state index in [1.165, 1.54) is 18.4 Å². The van der Waals surface area contributed by atoms with Crippen molar-refractivity contribution in [2.75, 3.05) is 13.1 Å². The molecule has 1 aliphatic carbocycles. The van der Waals surface area contributed by atoms with Gasteiger partial charge < -0.3 is 5.32 Å². The first-order valence-corrected chi connectivity index (χ1v) is 8.01. The van der Waals surface area contributed by atoms with Crippen molar-refractivity contribution in [2.45, 2.75) is 51.2 Å². The molecule has 1 saturated carbocycles. The van der Waals surface area contributed by atoms with E-state index in [9.17, 15) is 0 Å². The van der Waals surface area contributed by atoms with E-state index in [4.69, 9.17) is 11.6 Å². The summed E-state index contributed by atoms with van der Waals surface area (Å²) in [7, 11) is 0. The molecule has 1 aliphatic heterocycles. The van der Waals surface area contributed by atoms with Gasteiger partial charge in [-0.25, -0.2) is 0 Å². The number of rotatable bonds is 3. The van der Waals surface area contributed by atoms with Crippen molar-refractivity contribution < 1.29 is 0 Å². The lowest BCUT2D eigenvalue weighted by molar-refractivity contribution is 0.0178. The van der Waals surface area contributed by atoms with Gasteiger partial charge in [-0.2, -0.15) is 0 Å². The quantitative estimate of drug-likeness (QED) is 0.914. The zero-order valence-electron chi connectivity index (χ0n) is 12.7. The molecule has 1 saturated heterocycles. The van der Waals surface area contributed by atoms with Crippen LogP contribution in [0.25, 0.3) is 0 Å². The molecule has 1 N–H and O–H groups in total. The van der Waals surface area contributed by atoms with Crippen molar-refractivity contribution in [3.63, 3.8) is 0 Å². The first-order chi connectivity index (χ1) is 9.39. The Bertz CT molecular complexity index is 496. The number of halogens is 1. The van der Waals surface area contributed by atoms with E-state index in [0.29, 0.717) is 0 Å². The van der Waals surface area contributed by atoms with Crippen LogP contribution in [0, 0.1) is 5.92 Å². The second-order valence-electron chi connectivity index (χ2n) is 7.34. The highest BCUT2D eigenvalue weighted by Gasteiger charge is 2.47. The normalized spacial score (nSPS) is 30.4. The fourth-order valence-corrected chi connectivity index (χ4v) is 3.53. The lowest BCUT2D eigenvalue weighted by atomic mass is 9.86. The number of nitrogens with zero attached hydrogens (tertiary/aromatic N) is 1. The molecule has 1 heterocycles. The lowest BCUT2D eigenvalue weighted by Gasteiger charge is -2.51. The van der Waals surface area contributed by atoms with Gasteiger partial charge >= 0.3 is 0 Å². The van der Waals surface area contributed by atoms with Crippen LogP contribution in [-0.4, -0.2) is 29.1 Å². The van der Waals surface area contributed by atoms with Gasteiger partial charge in [-0.3, -0.25) is 4.90 Å². The molecule has 2 fully saturated rings. The van der Waals surface area contributed by atoms with Crippen LogP contribution in [0.15, 0.2) is 24.3 Å². The third-order valence-corrected chi connectivity index (χ3v) is 5.28. The number of hydrogen-bond acceptors (Lipinski definition) is 2. The maximum atomic E-state index is 6.12. The molecule has 1 atom stereocenters. The highest BCUT2D eigenvalue weighted by Crippen LogP contribution is 2.42. The van der Waals surface area contributed by atoms with Crippen molar-refractivity contribution in [1.29, 1.82) is 0 Å². The van der Waals surface area contributed by atoms with E-state index in [2.05, 4.69) is 43.1 Å². The van der Waals surface area contributed by atoms with Crippen LogP contribution in [-0.2, 0) is 6.54 Å². The minimum atomic E-state index is 0.191. The Morgan fingerprint density at radius 1 is 1.30 bits per heavy atom. The second-order valence-corrected chi connectivity index (χ2v) is 7.78. The molecular formula is C17H25ClN2. The maximum absolute atomic E-state index is 6.12. The number of nitrogens with one attached hydrogen (secondary N) is 1. The summed E-state index contributed by atoms with van der Waals surface area (Å²) < 4.78 is 0. The van der Waals surface area contributed by atoms with Gasteiger partial charge in [0, 0.05) is 35.7 Å². The molecule has 0 bridgehead atoms. The molecule has 20 heavy (non-hydrogen) atoms. The molecule has 1 unspecified atom stereocenters. The van der Waals surface area contributed by atoms with Crippen LogP contribution in [0.1, 0.15) is 39.2 Å². The van der Waals surface area contributed by atoms with Crippen LogP contribution in [0.5, 0.6) is 0 Å². The largest absolute Gasteiger partial charge is 0.308 e. The van der Waals surface area contributed by atoms with Crippen LogP contribution >= 0.6 is 11.6 Å². The van der Waals surface area contributed by atoms with E-state index in [-0.39, 0.29) is 11.1 Å². The van der Waals surface area contributed by atoms with Gasteiger partial charge in [-0.15, -0.1) is 0 Å². The molecule has 0 aromatic heterocycles. The molecule has 110 valence electrons. The van der Waals surface area contributed by atoms with Gasteiger partial charge in [-0.05, 0) is 57.2 Å². The van der Waals surface area contributed by atoms with Gasteiger partial charge in [0.05, 0.1) is 0 Å².